The summed E-state index contributed by atoms with van der Waals surface area (Å²) in [6.07, 6.45) is 1.07. The van der Waals surface area contributed by atoms with Gasteiger partial charge in [-0.25, -0.2) is 0 Å². The smallest absolute Gasteiger partial charge is 0.145 e. The Bertz CT molecular complexity index is 60.0. The first-order valence-corrected chi connectivity index (χ1v) is 3.15. The predicted octanol–water partition coefficient (Wildman–Crippen LogP) is 1.36. The zero-order valence-electron chi connectivity index (χ0n) is 5.31. The summed E-state index contributed by atoms with van der Waals surface area (Å²) in [4.78, 5) is 0. The SMILES string of the molecule is CCC(C)O[PH+]=O.[Ca]. The van der Waals surface area contributed by atoms with Crippen molar-refractivity contribution in [3.8, 4) is 0 Å². The average molecular weight is 161 g/mol. The standard InChI is InChI=1S/C4H10O2P.Ca/c1-3-4(2)6-7-5;/h4,7H,3H2,1-2H3;/q+1;. The molecule has 2 nitrogen and oxygen atoms in total. The van der Waals surface area contributed by atoms with E-state index in [2.05, 4.69) is 4.52 Å². The first kappa shape index (κ1) is 12.0. The maximum absolute atomic E-state index is 9.70. The zero-order valence-corrected chi connectivity index (χ0v) is 8.52. The fraction of sp³-hybridized carbons (Fsp3) is 1.00. The summed E-state index contributed by atoms with van der Waals surface area (Å²) in [5, 5.41) is 0. The molecule has 0 aliphatic heterocycles. The van der Waals surface area contributed by atoms with E-state index in [0.717, 1.165) is 6.42 Å². The van der Waals surface area contributed by atoms with Gasteiger partial charge in [0, 0.05) is 37.7 Å². The van der Waals surface area contributed by atoms with Crippen LogP contribution in [0.5, 0.6) is 0 Å². The van der Waals surface area contributed by atoms with E-state index in [1.807, 2.05) is 13.8 Å². The molecule has 0 saturated heterocycles. The van der Waals surface area contributed by atoms with Crippen molar-refractivity contribution in [2.24, 2.45) is 0 Å². The minimum Gasteiger partial charge on any atom is -0.145 e. The third-order valence-electron chi connectivity index (χ3n) is 0.824. The average Bonchev–Trinajstić information content (AvgIpc) is 1.68. The van der Waals surface area contributed by atoms with Crippen molar-refractivity contribution >= 4 is 46.4 Å². The molecule has 8 heavy (non-hydrogen) atoms. The van der Waals surface area contributed by atoms with E-state index in [9.17, 15) is 4.57 Å². The van der Waals surface area contributed by atoms with Crippen molar-refractivity contribution in [3.05, 3.63) is 0 Å². The van der Waals surface area contributed by atoms with Gasteiger partial charge in [-0.05, 0) is 17.9 Å². The van der Waals surface area contributed by atoms with Crippen LogP contribution in [0.25, 0.3) is 0 Å². The molecule has 0 spiro atoms. The topological polar surface area (TPSA) is 26.3 Å². The second kappa shape index (κ2) is 8.32. The molecule has 0 fully saturated rings. The summed E-state index contributed by atoms with van der Waals surface area (Å²) < 4.78 is 14.4. The maximum atomic E-state index is 9.70. The molecule has 0 aliphatic carbocycles. The van der Waals surface area contributed by atoms with E-state index >= 15 is 0 Å². The molecule has 4 heteroatoms. The number of hydrogen-bond donors (Lipinski definition) is 0. The molecule has 0 saturated carbocycles. The molecular formula is C4H10CaO2P+. The van der Waals surface area contributed by atoms with Gasteiger partial charge in [0.1, 0.15) is 6.10 Å². The summed E-state index contributed by atoms with van der Waals surface area (Å²) in [5.74, 6) is 0. The Kier molecular flexibility index (Phi) is 12.5. The molecule has 44 valence electrons. The summed E-state index contributed by atoms with van der Waals surface area (Å²) in [6, 6.07) is 0. The van der Waals surface area contributed by atoms with Crippen molar-refractivity contribution in [1.82, 2.24) is 0 Å². The molecule has 0 aromatic heterocycles. The van der Waals surface area contributed by atoms with Crippen LogP contribution in [-0.2, 0) is 9.09 Å². The van der Waals surface area contributed by atoms with Crippen molar-refractivity contribution in [2.75, 3.05) is 0 Å². The second-order valence-electron chi connectivity index (χ2n) is 1.42. The first-order chi connectivity index (χ1) is 3.31. The summed E-state index contributed by atoms with van der Waals surface area (Å²) in [6.45, 7) is 3.88. The largest absolute Gasteiger partial charge is 0.494 e. The Morgan fingerprint density at radius 3 is 2.38 bits per heavy atom. The van der Waals surface area contributed by atoms with Gasteiger partial charge in [-0.3, -0.25) is 0 Å². The van der Waals surface area contributed by atoms with Crippen LogP contribution in [0.2, 0.25) is 0 Å². The van der Waals surface area contributed by atoms with E-state index in [0.29, 0.717) is 0 Å². The third kappa shape index (κ3) is 7.32. The van der Waals surface area contributed by atoms with Crippen LogP contribution in [0.3, 0.4) is 0 Å². The summed E-state index contributed by atoms with van der Waals surface area (Å²) in [7, 11) is -0.605. The molecule has 2 unspecified atom stereocenters. The minimum absolute atomic E-state index is 0. The molecule has 0 heterocycles. The molecule has 2 atom stereocenters. The van der Waals surface area contributed by atoms with Gasteiger partial charge in [0.15, 0.2) is 0 Å². The van der Waals surface area contributed by atoms with Gasteiger partial charge >= 0.3 is 8.69 Å². The Labute approximate surface area is 81.3 Å². The van der Waals surface area contributed by atoms with E-state index < -0.39 is 8.69 Å². The van der Waals surface area contributed by atoms with Gasteiger partial charge in [0.05, 0.1) is 0 Å². The fourth-order valence-electron chi connectivity index (χ4n) is 0.165. The molecule has 0 bridgehead atoms. The quantitative estimate of drug-likeness (QED) is 0.461. The van der Waals surface area contributed by atoms with E-state index in [4.69, 9.17) is 0 Å². The van der Waals surface area contributed by atoms with E-state index in [-0.39, 0.29) is 43.8 Å². The fourth-order valence-corrected chi connectivity index (χ4v) is 0.496. The van der Waals surface area contributed by atoms with Crippen LogP contribution in [0.1, 0.15) is 20.3 Å². The second-order valence-corrected chi connectivity index (χ2v) is 1.82. The summed E-state index contributed by atoms with van der Waals surface area (Å²) >= 11 is 0. The molecule has 0 aromatic rings. The van der Waals surface area contributed by atoms with Crippen molar-refractivity contribution in [1.29, 1.82) is 0 Å². The van der Waals surface area contributed by atoms with Crippen LogP contribution in [0, 0.1) is 0 Å². The van der Waals surface area contributed by atoms with Crippen LogP contribution >= 0.6 is 8.69 Å². The third-order valence-corrected chi connectivity index (χ3v) is 1.32. The molecule has 2 radical (unpaired) electrons. The maximum Gasteiger partial charge on any atom is 0.494 e. The predicted molar refractivity (Wildman–Crippen MR) is 35.6 cm³/mol. The molecule has 0 rings (SSSR count). The number of rotatable bonds is 3. The Morgan fingerprint density at radius 2 is 2.25 bits per heavy atom. The molecule has 0 aromatic carbocycles. The Hall–Kier alpha value is 1.32. The van der Waals surface area contributed by atoms with Crippen LogP contribution in [0.4, 0.5) is 0 Å². The number of hydrogen-bond acceptors (Lipinski definition) is 2. The normalized spacial score (nSPS) is 12.8. The van der Waals surface area contributed by atoms with Gasteiger partial charge in [-0.15, -0.1) is 4.52 Å². The van der Waals surface area contributed by atoms with Crippen LogP contribution in [-0.4, -0.2) is 43.8 Å². The van der Waals surface area contributed by atoms with Gasteiger partial charge in [0.25, 0.3) is 0 Å². The van der Waals surface area contributed by atoms with Gasteiger partial charge in [-0.1, -0.05) is 6.92 Å². The summed E-state index contributed by atoms with van der Waals surface area (Å²) in [5.41, 5.74) is 0. The van der Waals surface area contributed by atoms with Gasteiger partial charge in [-0.2, -0.15) is 0 Å². The monoisotopic (exact) mass is 161 g/mol. The van der Waals surface area contributed by atoms with Crippen molar-refractivity contribution < 1.29 is 9.09 Å². The Balaban J connectivity index is 0. The van der Waals surface area contributed by atoms with Crippen LogP contribution < -0.4 is 0 Å². The Morgan fingerprint density at radius 1 is 1.75 bits per heavy atom. The van der Waals surface area contributed by atoms with Gasteiger partial charge in [0.2, 0.25) is 0 Å². The minimum atomic E-state index is -0.605. The molecule has 0 aliphatic rings. The van der Waals surface area contributed by atoms with Gasteiger partial charge < -0.3 is 0 Å². The van der Waals surface area contributed by atoms with Crippen molar-refractivity contribution in [2.45, 2.75) is 26.4 Å². The van der Waals surface area contributed by atoms with E-state index in [1.54, 1.807) is 0 Å². The molecule has 0 amide bonds. The first-order valence-electron chi connectivity index (χ1n) is 2.34. The molecular weight excluding hydrogens is 151 g/mol. The van der Waals surface area contributed by atoms with E-state index in [1.165, 1.54) is 0 Å². The zero-order chi connectivity index (χ0) is 5.70. The van der Waals surface area contributed by atoms with Crippen LogP contribution in [0.15, 0.2) is 0 Å². The molecule has 0 N–H and O–H groups in total. The van der Waals surface area contributed by atoms with Crippen molar-refractivity contribution in [3.63, 3.8) is 0 Å².